The van der Waals surface area contributed by atoms with Crippen LogP contribution >= 0.6 is 0 Å². The number of carbonyl (C=O) groups excluding carboxylic acids is 3. The van der Waals surface area contributed by atoms with E-state index in [9.17, 15) is 31.9 Å². The van der Waals surface area contributed by atoms with E-state index in [1.807, 2.05) is 0 Å². The van der Waals surface area contributed by atoms with E-state index < -0.39 is 41.5 Å². The lowest BCUT2D eigenvalue weighted by atomic mass is 9.82. The summed E-state index contributed by atoms with van der Waals surface area (Å²) >= 11 is 0. The molecule has 3 amide bonds. The molecule has 0 atom stereocenters. The minimum Gasteiger partial charge on any atom is -0.336 e. The smallest absolute Gasteiger partial charge is 0.336 e. The van der Waals surface area contributed by atoms with E-state index >= 15 is 0 Å². The fourth-order valence-corrected chi connectivity index (χ4v) is 4.74. The van der Waals surface area contributed by atoms with Gasteiger partial charge in [0.2, 0.25) is 11.8 Å². The third kappa shape index (κ3) is 3.96. The Balaban J connectivity index is 1.46. The topological polar surface area (TPSA) is 84.7 Å². The number of amides is 3. The second-order valence-corrected chi connectivity index (χ2v) is 9.34. The maximum Gasteiger partial charge on any atom is 0.416 e. The molecule has 3 aliphatic rings. The lowest BCUT2D eigenvalue weighted by molar-refractivity contribution is -0.170. The van der Waals surface area contributed by atoms with Crippen LogP contribution in [0.3, 0.4) is 0 Å². The molecule has 2 aliphatic heterocycles. The summed E-state index contributed by atoms with van der Waals surface area (Å²) in [7, 11) is 0. The van der Waals surface area contributed by atoms with Gasteiger partial charge in [-0.1, -0.05) is 12.1 Å². The molecule has 1 spiro atoms. The van der Waals surface area contributed by atoms with Crippen LogP contribution in [-0.2, 0) is 27.1 Å². The van der Waals surface area contributed by atoms with Crippen LogP contribution in [0.2, 0.25) is 0 Å². The first kappa shape index (κ1) is 23.8. The normalized spacial score (nSPS) is 19.4. The van der Waals surface area contributed by atoms with Gasteiger partial charge < -0.3 is 9.80 Å². The van der Waals surface area contributed by atoms with Crippen LogP contribution in [0.5, 0.6) is 0 Å². The van der Waals surface area contributed by atoms with Gasteiger partial charge in [0.15, 0.2) is 5.54 Å². The van der Waals surface area contributed by atoms with Crippen molar-refractivity contribution in [1.82, 2.24) is 9.80 Å². The van der Waals surface area contributed by atoms with Crippen molar-refractivity contribution in [2.45, 2.75) is 31.1 Å². The molecule has 7 nitrogen and oxygen atoms in total. The summed E-state index contributed by atoms with van der Waals surface area (Å²) < 4.78 is 53.6. The molecule has 0 radical (unpaired) electrons. The van der Waals surface area contributed by atoms with E-state index in [0.717, 1.165) is 35.9 Å². The van der Waals surface area contributed by atoms with E-state index in [1.165, 1.54) is 34.1 Å². The summed E-state index contributed by atoms with van der Waals surface area (Å²) in [6, 6.07) is 9.66. The zero-order valence-electron chi connectivity index (χ0n) is 18.9. The number of anilines is 1. The molecule has 0 N–H and O–H groups in total. The molecule has 1 saturated carbocycles. The fourth-order valence-electron chi connectivity index (χ4n) is 4.74. The largest absolute Gasteiger partial charge is 0.416 e. The Labute approximate surface area is 203 Å². The number of hydrogen-bond donors (Lipinski definition) is 0. The van der Waals surface area contributed by atoms with Crippen LogP contribution in [0.1, 0.15) is 29.5 Å². The van der Waals surface area contributed by atoms with Crippen LogP contribution in [-0.4, -0.2) is 52.7 Å². The Morgan fingerprint density at radius 3 is 2.31 bits per heavy atom. The van der Waals surface area contributed by atoms with E-state index in [0.29, 0.717) is 5.56 Å². The summed E-state index contributed by atoms with van der Waals surface area (Å²) in [5.41, 5.74) is -2.03. The van der Waals surface area contributed by atoms with Gasteiger partial charge in [0.1, 0.15) is 12.4 Å². The number of piperazine rings is 1. The molecule has 0 bridgehead atoms. The Morgan fingerprint density at radius 2 is 1.75 bits per heavy atom. The third-order valence-corrected chi connectivity index (χ3v) is 6.89. The number of halogens is 4. The summed E-state index contributed by atoms with van der Waals surface area (Å²) in [5, 5.41) is 9.00. The van der Waals surface area contributed by atoms with Gasteiger partial charge in [-0.15, -0.1) is 0 Å². The summed E-state index contributed by atoms with van der Waals surface area (Å²) in [6.45, 7) is -0.789. The minimum absolute atomic E-state index is 0.0514. The van der Waals surface area contributed by atoms with Crippen molar-refractivity contribution in [2.75, 3.05) is 24.5 Å². The van der Waals surface area contributed by atoms with Gasteiger partial charge in [0, 0.05) is 12.5 Å². The average Bonchev–Trinajstić information content (AvgIpc) is 3.65. The van der Waals surface area contributed by atoms with E-state index in [4.69, 9.17) is 5.26 Å². The first-order valence-electron chi connectivity index (χ1n) is 11.3. The Kier molecular flexibility index (Phi) is 5.50. The maximum atomic E-state index is 14.8. The number of hydrogen-bond acceptors (Lipinski definition) is 4. The summed E-state index contributed by atoms with van der Waals surface area (Å²) in [4.78, 5) is 43.4. The van der Waals surface area contributed by atoms with Crippen LogP contribution < -0.4 is 4.90 Å². The molecule has 3 fully saturated rings. The van der Waals surface area contributed by atoms with Crippen LogP contribution in [0.4, 0.5) is 23.2 Å². The molecule has 1 aliphatic carbocycles. The van der Waals surface area contributed by atoms with E-state index in [-0.39, 0.29) is 42.7 Å². The number of alkyl halides is 3. The molecule has 2 aromatic carbocycles. The van der Waals surface area contributed by atoms with Crippen molar-refractivity contribution in [3.05, 3.63) is 65.0 Å². The number of carbonyl (C=O) groups is 3. The second kappa shape index (κ2) is 8.33. The van der Waals surface area contributed by atoms with Gasteiger partial charge in [-0.2, -0.15) is 18.4 Å². The fraction of sp³-hybridized carbons (Fsp3) is 0.360. The highest BCUT2D eigenvalue weighted by atomic mass is 19.4. The Hall–Kier alpha value is -3.94. The van der Waals surface area contributed by atoms with Crippen molar-refractivity contribution in [3.8, 4) is 6.07 Å². The van der Waals surface area contributed by atoms with Gasteiger partial charge in [-0.3, -0.25) is 19.3 Å². The molecule has 11 heteroatoms. The highest BCUT2D eigenvalue weighted by molar-refractivity contribution is 6.11. The van der Waals surface area contributed by atoms with Crippen molar-refractivity contribution < 1.29 is 31.9 Å². The minimum atomic E-state index is -4.51. The molecule has 0 unspecified atom stereocenters. The molecule has 0 aromatic heterocycles. The number of rotatable bonds is 4. The number of nitriles is 1. The second-order valence-electron chi connectivity index (χ2n) is 9.34. The zero-order chi connectivity index (χ0) is 25.8. The van der Waals surface area contributed by atoms with Crippen molar-refractivity contribution >= 4 is 23.4 Å². The predicted molar refractivity (Wildman–Crippen MR) is 117 cm³/mol. The summed E-state index contributed by atoms with van der Waals surface area (Å²) in [5.74, 6) is -2.18. The third-order valence-electron chi connectivity index (χ3n) is 6.89. The van der Waals surface area contributed by atoms with Crippen LogP contribution in [0.25, 0.3) is 0 Å². The Bertz CT molecular complexity index is 1290. The van der Waals surface area contributed by atoms with Gasteiger partial charge >= 0.3 is 6.18 Å². The molecule has 36 heavy (non-hydrogen) atoms. The zero-order valence-corrected chi connectivity index (χ0v) is 18.9. The number of likely N-dealkylation sites (tertiary alicyclic amines) is 1. The predicted octanol–water partition coefficient (Wildman–Crippen LogP) is 3.08. The maximum absolute atomic E-state index is 14.8. The molecular weight excluding hydrogens is 480 g/mol. The van der Waals surface area contributed by atoms with E-state index in [1.54, 1.807) is 6.07 Å². The summed E-state index contributed by atoms with van der Waals surface area (Å²) in [6.07, 6.45) is -3.00. The van der Waals surface area contributed by atoms with Gasteiger partial charge in [0.05, 0.1) is 36.0 Å². The lowest BCUT2D eigenvalue weighted by Crippen LogP contribution is -2.81. The first-order chi connectivity index (χ1) is 17.0. The van der Waals surface area contributed by atoms with Crippen molar-refractivity contribution in [1.29, 1.82) is 5.26 Å². The van der Waals surface area contributed by atoms with Crippen molar-refractivity contribution in [3.63, 3.8) is 0 Å². The molecule has 2 saturated heterocycles. The lowest BCUT2D eigenvalue weighted by Gasteiger charge is -2.58. The van der Waals surface area contributed by atoms with Crippen LogP contribution in [0.15, 0.2) is 42.5 Å². The molecule has 2 heterocycles. The SMILES string of the molecule is N#Cc1ccc(N2CC(=O)N(Cc3ccc(C(F)(F)F)cc3)C3(CN(C(=O)C4CC4)C3)C2=O)c(F)c1. The average molecular weight is 500 g/mol. The molecule has 5 rings (SSSR count). The van der Waals surface area contributed by atoms with Gasteiger partial charge in [-0.05, 0) is 48.7 Å². The monoisotopic (exact) mass is 500 g/mol. The highest BCUT2D eigenvalue weighted by Crippen LogP contribution is 2.41. The van der Waals surface area contributed by atoms with E-state index in [2.05, 4.69) is 0 Å². The van der Waals surface area contributed by atoms with Crippen molar-refractivity contribution in [2.24, 2.45) is 5.92 Å². The Morgan fingerprint density at radius 1 is 1.08 bits per heavy atom. The quantitative estimate of drug-likeness (QED) is 0.604. The first-order valence-corrected chi connectivity index (χ1v) is 11.3. The number of nitrogens with zero attached hydrogens (tertiary/aromatic N) is 4. The highest BCUT2D eigenvalue weighted by Gasteiger charge is 2.61. The number of benzene rings is 2. The molecular formula is C25H20F4N4O3. The van der Waals surface area contributed by atoms with Gasteiger partial charge in [0.25, 0.3) is 5.91 Å². The standard InChI is InChI=1S/C25H20F4N4O3/c26-19-9-16(10-30)3-8-20(19)32-12-21(34)33(11-15-1-6-18(7-2-15)25(27,28)29)24(23(32)36)13-31(14-24)22(35)17-4-5-17/h1-3,6-9,17H,4-5,11-14H2. The van der Waals surface area contributed by atoms with Gasteiger partial charge in [-0.25, -0.2) is 4.39 Å². The van der Waals surface area contributed by atoms with Crippen LogP contribution in [0, 0.1) is 23.1 Å². The molecule has 2 aromatic rings. The molecule has 186 valence electrons.